The molecule has 74 valence electrons. The molecule has 1 aromatic carbocycles. The second kappa shape index (κ2) is 3.67. The minimum Gasteiger partial charge on any atom is -0.478 e. The van der Waals surface area contributed by atoms with E-state index in [2.05, 4.69) is 5.32 Å². The number of benzene rings is 1. The first-order valence-corrected chi connectivity index (χ1v) is 4.58. The van der Waals surface area contributed by atoms with Crippen LogP contribution in [0.5, 0.6) is 5.75 Å². The Hall–Kier alpha value is -1.55. The van der Waals surface area contributed by atoms with Crippen molar-refractivity contribution in [3.8, 4) is 5.75 Å². The van der Waals surface area contributed by atoms with Crippen molar-refractivity contribution in [2.45, 2.75) is 12.5 Å². The number of hydrogen-bond donors (Lipinski definition) is 2. The van der Waals surface area contributed by atoms with Gasteiger partial charge in [-0.25, -0.2) is 0 Å². The van der Waals surface area contributed by atoms with Crippen molar-refractivity contribution in [3.05, 3.63) is 24.3 Å². The summed E-state index contributed by atoms with van der Waals surface area (Å²) >= 11 is 0. The van der Waals surface area contributed by atoms with Crippen LogP contribution in [0, 0.1) is 0 Å². The summed E-state index contributed by atoms with van der Waals surface area (Å²) in [6.07, 6.45) is 0.0927. The SMILES string of the molecule is NCCC1Oc2ccccc2NC1=O. The molecule has 0 saturated carbocycles. The third kappa shape index (κ3) is 1.56. The lowest BCUT2D eigenvalue weighted by molar-refractivity contribution is -0.123. The highest BCUT2D eigenvalue weighted by molar-refractivity contribution is 5.97. The predicted molar refractivity (Wildman–Crippen MR) is 53.2 cm³/mol. The molecule has 1 aliphatic heterocycles. The van der Waals surface area contributed by atoms with Gasteiger partial charge < -0.3 is 15.8 Å². The van der Waals surface area contributed by atoms with Crippen molar-refractivity contribution >= 4 is 11.6 Å². The van der Waals surface area contributed by atoms with Crippen LogP contribution >= 0.6 is 0 Å². The molecule has 0 saturated heterocycles. The van der Waals surface area contributed by atoms with Gasteiger partial charge in [0.15, 0.2) is 6.10 Å². The molecule has 4 nitrogen and oxygen atoms in total. The Kier molecular flexibility index (Phi) is 2.37. The Morgan fingerprint density at radius 2 is 2.21 bits per heavy atom. The maximum Gasteiger partial charge on any atom is 0.265 e. The first-order chi connectivity index (χ1) is 6.81. The lowest BCUT2D eigenvalue weighted by atomic mass is 10.2. The van der Waals surface area contributed by atoms with Gasteiger partial charge in [-0.3, -0.25) is 4.79 Å². The minimum atomic E-state index is -0.449. The second-order valence-electron chi connectivity index (χ2n) is 3.17. The first-order valence-electron chi connectivity index (χ1n) is 4.58. The summed E-state index contributed by atoms with van der Waals surface area (Å²) in [6, 6.07) is 7.37. The van der Waals surface area contributed by atoms with Gasteiger partial charge in [0, 0.05) is 6.42 Å². The van der Waals surface area contributed by atoms with E-state index >= 15 is 0 Å². The Morgan fingerprint density at radius 3 is 3.00 bits per heavy atom. The highest BCUT2D eigenvalue weighted by Crippen LogP contribution is 2.29. The molecule has 3 N–H and O–H groups in total. The standard InChI is InChI=1S/C10H12N2O2/c11-6-5-9-10(13)12-7-3-1-2-4-8(7)14-9/h1-4,9H,5-6,11H2,(H,12,13). The van der Waals surface area contributed by atoms with Crippen LogP contribution in [0.15, 0.2) is 24.3 Å². The summed E-state index contributed by atoms with van der Waals surface area (Å²) in [5.41, 5.74) is 6.11. The summed E-state index contributed by atoms with van der Waals surface area (Å²) in [7, 11) is 0. The number of ether oxygens (including phenoxy) is 1. The molecule has 0 aromatic heterocycles. The van der Waals surface area contributed by atoms with Crippen molar-refractivity contribution in [2.24, 2.45) is 5.73 Å². The van der Waals surface area contributed by atoms with Crippen LogP contribution in [-0.4, -0.2) is 18.6 Å². The number of rotatable bonds is 2. The zero-order valence-corrected chi connectivity index (χ0v) is 7.69. The van der Waals surface area contributed by atoms with Crippen LogP contribution in [0.1, 0.15) is 6.42 Å². The summed E-state index contributed by atoms with van der Waals surface area (Å²) in [4.78, 5) is 11.5. The number of carbonyl (C=O) groups is 1. The fourth-order valence-electron chi connectivity index (χ4n) is 1.43. The zero-order valence-electron chi connectivity index (χ0n) is 7.69. The quantitative estimate of drug-likeness (QED) is 0.726. The van der Waals surface area contributed by atoms with E-state index in [0.717, 1.165) is 5.69 Å². The molecule has 1 aliphatic rings. The van der Waals surface area contributed by atoms with Crippen molar-refractivity contribution in [3.63, 3.8) is 0 Å². The van der Waals surface area contributed by atoms with Gasteiger partial charge in [-0.2, -0.15) is 0 Å². The molecule has 4 heteroatoms. The van der Waals surface area contributed by atoms with Crippen molar-refractivity contribution in [2.75, 3.05) is 11.9 Å². The molecule has 1 atom stereocenters. The van der Waals surface area contributed by atoms with Crippen LogP contribution in [-0.2, 0) is 4.79 Å². The van der Waals surface area contributed by atoms with Gasteiger partial charge in [-0.1, -0.05) is 12.1 Å². The van der Waals surface area contributed by atoms with Crippen molar-refractivity contribution < 1.29 is 9.53 Å². The third-order valence-electron chi connectivity index (χ3n) is 2.14. The Labute approximate surface area is 82.1 Å². The molecule has 2 rings (SSSR count). The molecule has 14 heavy (non-hydrogen) atoms. The van der Waals surface area contributed by atoms with Gasteiger partial charge in [0.2, 0.25) is 0 Å². The van der Waals surface area contributed by atoms with E-state index in [1.54, 1.807) is 0 Å². The first kappa shape index (κ1) is 9.02. The minimum absolute atomic E-state index is 0.117. The number of anilines is 1. The maximum atomic E-state index is 11.5. The van der Waals surface area contributed by atoms with Gasteiger partial charge in [0.25, 0.3) is 5.91 Å². The summed E-state index contributed by atoms with van der Waals surface area (Å²) < 4.78 is 5.49. The molecule has 1 aromatic rings. The van der Waals surface area contributed by atoms with E-state index in [1.165, 1.54) is 0 Å². The highest BCUT2D eigenvalue weighted by atomic mass is 16.5. The number of nitrogens with two attached hydrogens (primary N) is 1. The smallest absolute Gasteiger partial charge is 0.265 e. The third-order valence-corrected chi connectivity index (χ3v) is 2.14. The molecular formula is C10H12N2O2. The number of nitrogens with one attached hydrogen (secondary N) is 1. The fraction of sp³-hybridized carbons (Fsp3) is 0.300. The van der Waals surface area contributed by atoms with E-state index in [4.69, 9.17) is 10.5 Å². The summed E-state index contributed by atoms with van der Waals surface area (Å²) in [5, 5.41) is 2.78. The van der Waals surface area contributed by atoms with Crippen LogP contribution in [0.3, 0.4) is 0 Å². The van der Waals surface area contributed by atoms with Gasteiger partial charge >= 0.3 is 0 Å². The summed E-state index contributed by atoms with van der Waals surface area (Å²) in [6.45, 7) is 0.445. The summed E-state index contributed by atoms with van der Waals surface area (Å²) in [5.74, 6) is 0.597. The van der Waals surface area contributed by atoms with Crippen LogP contribution < -0.4 is 15.8 Å². The van der Waals surface area contributed by atoms with E-state index in [1.807, 2.05) is 24.3 Å². The molecule has 0 spiro atoms. The van der Waals surface area contributed by atoms with Crippen LogP contribution in [0.2, 0.25) is 0 Å². The van der Waals surface area contributed by atoms with Crippen LogP contribution in [0.25, 0.3) is 0 Å². The van der Waals surface area contributed by atoms with Crippen molar-refractivity contribution in [1.29, 1.82) is 0 Å². The number of fused-ring (bicyclic) bond motifs is 1. The fourth-order valence-corrected chi connectivity index (χ4v) is 1.43. The van der Waals surface area contributed by atoms with Gasteiger partial charge in [0.1, 0.15) is 5.75 Å². The van der Waals surface area contributed by atoms with E-state index < -0.39 is 6.10 Å². The molecule has 0 radical (unpaired) electrons. The van der Waals surface area contributed by atoms with Gasteiger partial charge in [0.05, 0.1) is 5.69 Å². The van der Waals surface area contributed by atoms with Crippen molar-refractivity contribution in [1.82, 2.24) is 0 Å². The number of para-hydroxylation sites is 2. The van der Waals surface area contributed by atoms with Gasteiger partial charge in [-0.15, -0.1) is 0 Å². The molecule has 0 bridgehead atoms. The van der Waals surface area contributed by atoms with Crippen LogP contribution in [0.4, 0.5) is 5.69 Å². The largest absolute Gasteiger partial charge is 0.478 e. The lowest BCUT2D eigenvalue weighted by Gasteiger charge is -2.25. The van der Waals surface area contributed by atoms with Gasteiger partial charge in [-0.05, 0) is 18.7 Å². The average Bonchev–Trinajstić information content (AvgIpc) is 2.19. The Balaban J connectivity index is 2.22. The molecule has 1 unspecified atom stereocenters. The molecule has 0 fully saturated rings. The predicted octanol–water partition coefficient (Wildman–Crippen LogP) is 0.735. The Bertz CT molecular complexity index is 352. The number of hydrogen-bond acceptors (Lipinski definition) is 3. The molecular weight excluding hydrogens is 180 g/mol. The molecule has 1 amide bonds. The monoisotopic (exact) mass is 192 g/mol. The molecule has 0 aliphatic carbocycles. The zero-order chi connectivity index (χ0) is 9.97. The maximum absolute atomic E-state index is 11.5. The van der Waals surface area contributed by atoms with E-state index in [0.29, 0.717) is 18.7 Å². The van der Waals surface area contributed by atoms with E-state index in [-0.39, 0.29) is 5.91 Å². The topological polar surface area (TPSA) is 64.3 Å². The lowest BCUT2D eigenvalue weighted by Crippen LogP contribution is -2.38. The number of amides is 1. The number of carbonyl (C=O) groups excluding carboxylic acids is 1. The normalized spacial score (nSPS) is 19.5. The average molecular weight is 192 g/mol. The highest BCUT2D eigenvalue weighted by Gasteiger charge is 2.26. The molecule has 1 heterocycles. The van der Waals surface area contributed by atoms with E-state index in [9.17, 15) is 4.79 Å². The second-order valence-corrected chi connectivity index (χ2v) is 3.17. The Morgan fingerprint density at radius 1 is 1.43 bits per heavy atom.